The van der Waals surface area contributed by atoms with Gasteiger partial charge in [0.2, 0.25) is 0 Å². The van der Waals surface area contributed by atoms with E-state index in [0.29, 0.717) is 17.5 Å². The monoisotopic (exact) mass is 444 g/mol. The average molecular weight is 445 g/mol. The van der Waals surface area contributed by atoms with Crippen LogP contribution in [0.4, 0.5) is 4.39 Å². The number of aliphatic hydroxyl groups is 1. The number of carbonyl (C=O) groups is 1. The number of hydrogen-bond donors (Lipinski definition) is 1. The van der Waals surface area contributed by atoms with Crippen molar-refractivity contribution in [3.63, 3.8) is 0 Å². The topological polar surface area (TPSA) is 64.3 Å². The van der Waals surface area contributed by atoms with Gasteiger partial charge in [0.1, 0.15) is 11.9 Å². The highest BCUT2D eigenvalue weighted by Crippen LogP contribution is 2.43. The summed E-state index contributed by atoms with van der Waals surface area (Å²) in [6, 6.07) is 13.1. The predicted octanol–water partition coefficient (Wildman–Crippen LogP) is 4.57. The molecule has 1 unspecified atom stereocenters. The number of nitrogens with zero attached hydrogens (tertiary/aromatic N) is 2. The molecule has 0 fully saturated rings. The molecule has 4 rings (SSSR count). The summed E-state index contributed by atoms with van der Waals surface area (Å²) in [6.07, 6.45) is 4.14. The smallest absolute Gasteiger partial charge is 0.339 e. The van der Waals surface area contributed by atoms with Gasteiger partial charge in [-0.3, -0.25) is 0 Å². The Hall–Kier alpha value is -3.69. The fraction of sp³-hybridized carbons (Fsp3) is 0.259. The molecule has 2 aromatic carbocycles. The van der Waals surface area contributed by atoms with Crippen molar-refractivity contribution in [1.29, 1.82) is 0 Å². The maximum atomic E-state index is 13.4. The van der Waals surface area contributed by atoms with Crippen LogP contribution in [0.3, 0.4) is 0 Å². The number of carbonyl (C=O) groups excluding carboxylic acids is 1. The van der Waals surface area contributed by atoms with Crippen LogP contribution in [-0.4, -0.2) is 34.1 Å². The molecule has 33 heavy (non-hydrogen) atoms. The summed E-state index contributed by atoms with van der Waals surface area (Å²) in [5.74, 6) is 5.16. The van der Waals surface area contributed by atoms with Crippen molar-refractivity contribution in [1.82, 2.24) is 9.78 Å². The van der Waals surface area contributed by atoms with Crippen molar-refractivity contribution in [2.45, 2.75) is 32.8 Å². The lowest BCUT2D eigenvalue weighted by molar-refractivity contribution is 0.0600. The lowest BCUT2D eigenvalue weighted by Gasteiger charge is -2.37. The fourth-order valence-electron chi connectivity index (χ4n) is 4.27. The number of halogens is 1. The Labute approximate surface area is 192 Å². The minimum atomic E-state index is -0.961. The maximum absolute atomic E-state index is 13.4. The maximum Gasteiger partial charge on any atom is 0.339 e. The van der Waals surface area contributed by atoms with E-state index in [1.165, 1.54) is 19.2 Å². The summed E-state index contributed by atoms with van der Waals surface area (Å²) in [7, 11) is 1.33. The van der Waals surface area contributed by atoms with Crippen LogP contribution in [0, 0.1) is 23.1 Å². The molecule has 1 N–H and O–H groups in total. The Morgan fingerprint density at radius 2 is 2.00 bits per heavy atom. The van der Waals surface area contributed by atoms with Gasteiger partial charge in [0.15, 0.2) is 0 Å². The van der Waals surface area contributed by atoms with Crippen molar-refractivity contribution in [2.24, 2.45) is 5.41 Å². The first kappa shape index (κ1) is 22.5. The van der Waals surface area contributed by atoms with Crippen LogP contribution in [0.15, 0.2) is 60.3 Å². The van der Waals surface area contributed by atoms with Gasteiger partial charge in [-0.05, 0) is 60.9 Å². The minimum Gasteiger partial charge on any atom is -0.465 e. The lowest BCUT2D eigenvalue weighted by atomic mass is 9.68. The third kappa shape index (κ3) is 4.20. The number of hydrogen-bond acceptors (Lipinski definition) is 4. The zero-order valence-electron chi connectivity index (χ0n) is 18.8. The van der Waals surface area contributed by atoms with Gasteiger partial charge in [0.05, 0.1) is 30.3 Å². The Morgan fingerprint density at radius 1 is 1.27 bits per heavy atom. The Morgan fingerprint density at radius 3 is 2.70 bits per heavy atom. The second-order valence-electron chi connectivity index (χ2n) is 8.27. The van der Waals surface area contributed by atoms with Gasteiger partial charge in [0.25, 0.3) is 0 Å². The SMILES string of the molecule is CCC1=Cc2c(cnn2-c2ccc(F)cc2)CC1(C)[C@@H](O)C#Cc1ccccc1C(=O)OC. The first-order valence-corrected chi connectivity index (χ1v) is 10.8. The van der Waals surface area contributed by atoms with Crippen molar-refractivity contribution in [2.75, 3.05) is 7.11 Å². The summed E-state index contributed by atoms with van der Waals surface area (Å²) >= 11 is 0. The third-order valence-electron chi connectivity index (χ3n) is 6.22. The highest BCUT2D eigenvalue weighted by molar-refractivity contribution is 5.92. The highest BCUT2D eigenvalue weighted by atomic mass is 19.1. The second kappa shape index (κ2) is 9.05. The fourth-order valence-corrected chi connectivity index (χ4v) is 4.27. The van der Waals surface area contributed by atoms with E-state index in [2.05, 4.69) is 16.9 Å². The molecule has 5 nitrogen and oxygen atoms in total. The standard InChI is InChI=1S/C27H25FN2O3/c1-4-20-15-24-19(17-29-30(24)22-12-10-21(28)11-13-22)16-27(20,2)25(31)14-9-18-7-5-6-8-23(18)26(32)33-3/h5-8,10-13,15,17,25,31H,4,16H2,1-3H3/t25-,27?/m0/s1. The molecule has 0 radical (unpaired) electrons. The van der Waals surface area contributed by atoms with Crippen LogP contribution >= 0.6 is 0 Å². The number of aliphatic hydroxyl groups excluding tert-OH is 1. The molecular formula is C27H25FN2O3. The summed E-state index contributed by atoms with van der Waals surface area (Å²) in [6.45, 7) is 4.03. The van der Waals surface area contributed by atoms with Crippen LogP contribution in [-0.2, 0) is 11.2 Å². The molecule has 1 heterocycles. The molecule has 1 aliphatic carbocycles. The molecule has 0 saturated heterocycles. The van der Waals surface area contributed by atoms with Gasteiger partial charge >= 0.3 is 5.97 Å². The van der Waals surface area contributed by atoms with Crippen molar-refractivity contribution in [3.05, 3.63) is 88.5 Å². The average Bonchev–Trinajstić information content (AvgIpc) is 3.24. The Bertz CT molecular complexity index is 1280. The van der Waals surface area contributed by atoms with E-state index in [1.54, 1.807) is 47.3 Å². The molecule has 2 atom stereocenters. The van der Waals surface area contributed by atoms with Gasteiger partial charge in [-0.2, -0.15) is 5.10 Å². The van der Waals surface area contributed by atoms with Crippen molar-refractivity contribution in [3.8, 4) is 17.5 Å². The molecule has 0 aliphatic heterocycles. The van der Waals surface area contributed by atoms with E-state index < -0.39 is 17.5 Å². The highest BCUT2D eigenvalue weighted by Gasteiger charge is 2.39. The third-order valence-corrected chi connectivity index (χ3v) is 6.22. The molecule has 1 aromatic heterocycles. The molecule has 6 heteroatoms. The largest absolute Gasteiger partial charge is 0.465 e. The summed E-state index contributed by atoms with van der Waals surface area (Å²) in [5.41, 5.74) is 3.97. The number of esters is 1. The van der Waals surface area contributed by atoms with Gasteiger partial charge in [-0.1, -0.05) is 43.4 Å². The van der Waals surface area contributed by atoms with Crippen LogP contribution < -0.4 is 0 Å². The summed E-state index contributed by atoms with van der Waals surface area (Å²) < 4.78 is 20.0. The normalized spacial score (nSPS) is 17.9. The molecule has 3 aromatic rings. The predicted molar refractivity (Wildman–Crippen MR) is 124 cm³/mol. The quantitative estimate of drug-likeness (QED) is 0.473. The zero-order valence-corrected chi connectivity index (χ0v) is 18.8. The first-order chi connectivity index (χ1) is 15.9. The van der Waals surface area contributed by atoms with Gasteiger partial charge in [-0.15, -0.1) is 0 Å². The van der Waals surface area contributed by atoms with Gasteiger partial charge in [-0.25, -0.2) is 13.9 Å². The number of rotatable bonds is 4. The van der Waals surface area contributed by atoms with Crippen LogP contribution in [0.5, 0.6) is 0 Å². The number of benzene rings is 2. The van der Waals surface area contributed by atoms with E-state index >= 15 is 0 Å². The Balaban J connectivity index is 1.68. The zero-order chi connectivity index (χ0) is 23.6. The lowest BCUT2D eigenvalue weighted by Crippen LogP contribution is -2.37. The Kier molecular flexibility index (Phi) is 6.17. The number of fused-ring (bicyclic) bond motifs is 1. The molecule has 0 bridgehead atoms. The van der Waals surface area contributed by atoms with E-state index in [0.717, 1.165) is 28.9 Å². The molecule has 168 valence electrons. The van der Waals surface area contributed by atoms with Crippen LogP contribution in [0.2, 0.25) is 0 Å². The molecule has 1 aliphatic rings. The minimum absolute atomic E-state index is 0.299. The van der Waals surface area contributed by atoms with E-state index in [9.17, 15) is 14.3 Å². The van der Waals surface area contributed by atoms with Gasteiger partial charge < -0.3 is 9.84 Å². The van der Waals surface area contributed by atoms with Gasteiger partial charge in [0, 0.05) is 11.0 Å². The number of ether oxygens (including phenoxy) is 1. The van der Waals surface area contributed by atoms with E-state index in [1.807, 2.05) is 19.9 Å². The molecular weight excluding hydrogens is 419 g/mol. The molecule has 0 saturated carbocycles. The summed E-state index contributed by atoms with van der Waals surface area (Å²) in [4.78, 5) is 12.0. The molecule has 0 amide bonds. The number of methoxy groups -OCH3 is 1. The van der Waals surface area contributed by atoms with Crippen molar-refractivity contribution < 1.29 is 19.0 Å². The van der Waals surface area contributed by atoms with Crippen LogP contribution in [0.25, 0.3) is 11.8 Å². The van der Waals surface area contributed by atoms with Crippen LogP contribution in [0.1, 0.15) is 47.4 Å². The van der Waals surface area contributed by atoms with E-state index in [-0.39, 0.29) is 5.82 Å². The second-order valence-corrected chi connectivity index (χ2v) is 8.27. The number of aromatic nitrogens is 2. The van der Waals surface area contributed by atoms with E-state index in [4.69, 9.17) is 4.74 Å². The first-order valence-electron chi connectivity index (χ1n) is 10.8. The summed E-state index contributed by atoms with van der Waals surface area (Å²) in [5, 5.41) is 15.7. The van der Waals surface area contributed by atoms with Crippen molar-refractivity contribution >= 4 is 12.0 Å². The molecule has 0 spiro atoms.